The molecule has 1 aliphatic heterocycles. The summed E-state index contributed by atoms with van der Waals surface area (Å²) in [6, 6.07) is 0.497. The van der Waals surface area contributed by atoms with Crippen LogP contribution in [0.4, 0.5) is 4.79 Å². The predicted molar refractivity (Wildman–Crippen MR) is 59.5 cm³/mol. The summed E-state index contributed by atoms with van der Waals surface area (Å²) in [6.07, 6.45) is 5.71. The number of nitrogens with zero attached hydrogens (tertiary/aromatic N) is 1. The second kappa shape index (κ2) is 4.84. The Balaban J connectivity index is 1.63. The number of carbonyl (C=O) groups is 1. The van der Waals surface area contributed by atoms with Gasteiger partial charge in [-0.2, -0.15) is 0 Å². The third kappa shape index (κ3) is 2.84. The van der Waals surface area contributed by atoms with E-state index < -0.39 is 0 Å². The molecule has 4 heteroatoms. The van der Waals surface area contributed by atoms with Crippen LogP contribution in [0.5, 0.6) is 0 Å². The van der Waals surface area contributed by atoms with Crippen molar-refractivity contribution in [3.8, 4) is 0 Å². The Kier molecular flexibility index (Phi) is 3.46. The van der Waals surface area contributed by atoms with E-state index in [2.05, 4.69) is 5.32 Å². The van der Waals surface area contributed by atoms with E-state index in [1.54, 1.807) is 0 Å². The second-order valence-electron chi connectivity index (χ2n) is 4.83. The Labute approximate surface area is 91.2 Å². The summed E-state index contributed by atoms with van der Waals surface area (Å²) in [6.45, 7) is 2.66. The predicted octanol–water partition coefficient (Wildman–Crippen LogP) is 0.919. The maximum Gasteiger partial charge on any atom is 0.317 e. The lowest BCUT2D eigenvalue weighted by atomic mass is 9.81. The van der Waals surface area contributed by atoms with Gasteiger partial charge in [0.1, 0.15) is 0 Å². The molecule has 0 aromatic heterocycles. The quantitative estimate of drug-likeness (QED) is 0.713. The second-order valence-corrected chi connectivity index (χ2v) is 4.83. The lowest BCUT2D eigenvalue weighted by Crippen LogP contribution is -2.47. The minimum Gasteiger partial charge on any atom is -0.338 e. The Bertz CT molecular complexity index is 220. The molecule has 0 aromatic carbocycles. The van der Waals surface area contributed by atoms with Gasteiger partial charge in [-0.25, -0.2) is 4.79 Å². The molecule has 2 amide bonds. The van der Waals surface area contributed by atoms with E-state index in [4.69, 9.17) is 5.73 Å². The van der Waals surface area contributed by atoms with Crippen LogP contribution in [-0.4, -0.2) is 36.6 Å². The highest BCUT2D eigenvalue weighted by Gasteiger charge is 2.26. The minimum atomic E-state index is 0.121. The first kappa shape index (κ1) is 10.7. The van der Waals surface area contributed by atoms with Crippen molar-refractivity contribution in [1.82, 2.24) is 10.2 Å². The molecule has 0 atom stereocenters. The Morgan fingerprint density at radius 2 is 1.93 bits per heavy atom. The summed E-state index contributed by atoms with van der Waals surface area (Å²) in [7, 11) is 0. The zero-order valence-corrected chi connectivity index (χ0v) is 9.24. The molecule has 2 fully saturated rings. The van der Waals surface area contributed by atoms with Gasteiger partial charge in [0.25, 0.3) is 0 Å². The van der Waals surface area contributed by atoms with E-state index in [1.165, 1.54) is 6.42 Å². The molecule has 1 heterocycles. The standard InChI is InChI=1S/C11H21N3O/c12-10-6-9(7-10)8-13-11(15)14-4-2-1-3-5-14/h9-10H,1-8,12H2,(H,13,15). The molecule has 3 N–H and O–H groups in total. The number of rotatable bonds is 2. The summed E-state index contributed by atoms with van der Waals surface area (Å²) in [5.74, 6) is 0.619. The molecule has 1 saturated heterocycles. The van der Waals surface area contributed by atoms with Crippen molar-refractivity contribution >= 4 is 6.03 Å². The normalized spacial score (nSPS) is 30.9. The van der Waals surface area contributed by atoms with Crippen molar-refractivity contribution in [1.29, 1.82) is 0 Å². The zero-order valence-electron chi connectivity index (χ0n) is 9.24. The van der Waals surface area contributed by atoms with Gasteiger partial charge >= 0.3 is 6.03 Å². The number of piperidine rings is 1. The van der Waals surface area contributed by atoms with E-state index in [-0.39, 0.29) is 6.03 Å². The SMILES string of the molecule is NC1CC(CNC(=O)N2CCCCC2)C1. The van der Waals surface area contributed by atoms with Crippen LogP contribution in [0.3, 0.4) is 0 Å². The molecule has 1 aliphatic carbocycles. The molecular weight excluding hydrogens is 190 g/mol. The van der Waals surface area contributed by atoms with Gasteiger partial charge in [-0.3, -0.25) is 0 Å². The van der Waals surface area contributed by atoms with Crippen molar-refractivity contribution in [3.63, 3.8) is 0 Å². The van der Waals surface area contributed by atoms with Gasteiger partial charge in [-0.1, -0.05) is 0 Å². The van der Waals surface area contributed by atoms with Crippen molar-refractivity contribution < 1.29 is 4.79 Å². The third-order valence-corrected chi connectivity index (χ3v) is 3.46. The van der Waals surface area contributed by atoms with Crippen LogP contribution in [0.15, 0.2) is 0 Å². The number of nitrogens with one attached hydrogen (secondary N) is 1. The summed E-state index contributed by atoms with van der Waals surface area (Å²) in [4.78, 5) is 13.6. The average molecular weight is 211 g/mol. The van der Waals surface area contributed by atoms with E-state index in [0.717, 1.165) is 45.3 Å². The van der Waals surface area contributed by atoms with Crippen LogP contribution in [-0.2, 0) is 0 Å². The molecule has 1 saturated carbocycles. The van der Waals surface area contributed by atoms with Gasteiger partial charge in [0.15, 0.2) is 0 Å². The molecule has 0 radical (unpaired) electrons. The van der Waals surface area contributed by atoms with Crippen molar-refractivity contribution in [3.05, 3.63) is 0 Å². The molecule has 2 rings (SSSR count). The number of amides is 2. The lowest BCUT2D eigenvalue weighted by molar-refractivity contribution is 0.178. The first-order valence-corrected chi connectivity index (χ1v) is 6.04. The monoisotopic (exact) mass is 211 g/mol. The molecule has 0 aromatic rings. The highest BCUT2D eigenvalue weighted by atomic mass is 16.2. The van der Waals surface area contributed by atoms with Crippen LogP contribution < -0.4 is 11.1 Å². The Hall–Kier alpha value is -0.770. The fraction of sp³-hybridized carbons (Fsp3) is 0.909. The van der Waals surface area contributed by atoms with Crippen LogP contribution in [0.2, 0.25) is 0 Å². The summed E-state index contributed by atoms with van der Waals surface area (Å²) in [5, 5.41) is 3.01. The van der Waals surface area contributed by atoms with Crippen LogP contribution in [0, 0.1) is 5.92 Å². The number of hydrogen-bond donors (Lipinski definition) is 2. The maximum absolute atomic E-state index is 11.7. The smallest absolute Gasteiger partial charge is 0.317 e. The summed E-state index contributed by atoms with van der Waals surface area (Å²) in [5.41, 5.74) is 5.69. The minimum absolute atomic E-state index is 0.121. The molecular formula is C11H21N3O. The van der Waals surface area contributed by atoms with Gasteiger partial charge < -0.3 is 16.0 Å². The lowest BCUT2D eigenvalue weighted by Gasteiger charge is -2.34. The number of hydrogen-bond acceptors (Lipinski definition) is 2. The molecule has 0 unspecified atom stereocenters. The van der Waals surface area contributed by atoms with Gasteiger partial charge in [-0.15, -0.1) is 0 Å². The van der Waals surface area contributed by atoms with Crippen molar-refractivity contribution in [2.45, 2.75) is 38.1 Å². The molecule has 86 valence electrons. The van der Waals surface area contributed by atoms with Crippen LogP contribution in [0.1, 0.15) is 32.1 Å². The summed E-state index contributed by atoms with van der Waals surface area (Å²) < 4.78 is 0. The fourth-order valence-corrected chi connectivity index (χ4v) is 2.39. The molecule has 15 heavy (non-hydrogen) atoms. The fourth-order valence-electron chi connectivity index (χ4n) is 2.39. The maximum atomic E-state index is 11.7. The van der Waals surface area contributed by atoms with E-state index in [9.17, 15) is 4.79 Å². The highest BCUT2D eigenvalue weighted by molar-refractivity contribution is 5.74. The molecule has 2 aliphatic rings. The van der Waals surface area contributed by atoms with Crippen LogP contribution >= 0.6 is 0 Å². The topological polar surface area (TPSA) is 58.4 Å². The average Bonchev–Trinajstić information content (AvgIpc) is 2.23. The first-order chi connectivity index (χ1) is 7.25. The summed E-state index contributed by atoms with van der Waals surface area (Å²) >= 11 is 0. The number of carbonyl (C=O) groups excluding carboxylic acids is 1. The zero-order chi connectivity index (χ0) is 10.7. The number of likely N-dealkylation sites (tertiary alicyclic amines) is 1. The highest BCUT2D eigenvalue weighted by Crippen LogP contribution is 2.24. The van der Waals surface area contributed by atoms with Gasteiger partial charge in [-0.05, 0) is 38.0 Å². The van der Waals surface area contributed by atoms with E-state index in [0.29, 0.717) is 12.0 Å². The molecule has 0 bridgehead atoms. The Morgan fingerprint density at radius 1 is 1.27 bits per heavy atom. The number of urea groups is 1. The van der Waals surface area contributed by atoms with E-state index >= 15 is 0 Å². The largest absolute Gasteiger partial charge is 0.338 e. The van der Waals surface area contributed by atoms with E-state index in [1.807, 2.05) is 4.90 Å². The van der Waals surface area contributed by atoms with Crippen LogP contribution in [0.25, 0.3) is 0 Å². The third-order valence-electron chi connectivity index (χ3n) is 3.46. The van der Waals surface area contributed by atoms with Gasteiger partial charge in [0.05, 0.1) is 0 Å². The first-order valence-electron chi connectivity index (χ1n) is 6.04. The van der Waals surface area contributed by atoms with Gasteiger partial charge in [0, 0.05) is 25.7 Å². The van der Waals surface area contributed by atoms with Gasteiger partial charge in [0.2, 0.25) is 0 Å². The van der Waals surface area contributed by atoms with Crippen molar-refractivity contribution in [2.24, 2.45) is 11.7 Å². The number of nitrogens with two attached hydrogens (primary N) is 1. The molecule has 4 nitrogen and oxygen atoms in total. The Morgan fingerprint density at radius 3 is 2.53 bits per heavy atom. The molecule has 0 spiro atoms. The van der Waals surface area contributed by atoms with Crippen molar-refractivity contribution in [2.75, 3.05) is 19.6 Å².